The molecule has 0 aromatic rings. The van der Waals surface area contributed by atoms with Crippen LogP contribution in [-0.4, -0.2) is 31.2 Å². The smallest absolute Gasteiger partial charge is 0.283 e. The Morgan fingerprint density at radius 3 is 1.53 bits per heavy atom. The van der Waals surface area contributed by atoms with Crippen molar-refractivity contribution in [2.45, 2.75) is 12.3 Å². The molecule has 1 N–H and O–H groups in total. The van der Waals surface area contributed by atoms with E-state index in [-0.39, 0.29) is 0 Å². The first-order valence-corrected chi connectivity index (χ1v) is 7.22. The molecule has 0 amide bonds. The van der Waals surface area contributed by atoms with Crippen LogP contribution in [0.25, 0.3) is 0 Å². The Morgan fingerprint density at radius 2 is 1.33 bits per heavy atom. The highest BCUT2D eigenvalue weighted by molar-refractivity contribution is 7.90. The van der Waals surface area contributed by atoms with Crippen LogP contribution >= 0.6 is 81.2 Å². The molecule has 0 heterocycles. The first-order chi connectivity index (χ1) is 6.31. The second kappa shape index (κ2) is 4.90. The molecule has 0 radical (unpaired) electrons. The van der Waals surface area contributed by atoms with Crippen LogP contribution in [0.4, 0.5) is 0 Å². The van der Waals surface area contributed by atoms with E-state index in [0.29, 0.717) is 0 Å². The monoisotopic (exact) mass is 376 g/mol. The van der Waals surface area contributed by atoms with Crippen LogP contribution in [0.1, 0.15) is 0 Å². The maximum atomic E-state index is 10.8. The van der Waals surface area contributed by atoms with Gasteiger partial charge in [-0.25, -0.2) is 0 Å². The van der Waals surface area contributed by atoms with Crippen LogP contribution in [0.3, 0.4) is 0 Å². The minimum Gasteiger partial charge on any atom is -0.283 e. The maximum Gasteiger partial charge on any atom is 0.302 e. The van der Waals surface area contributed by atoms with E-state index >= 15 is 0 Å². The summed E-state index contributed by atoms with van der Waals surface area (Å²) in [6, 6.07) is 0. The van der Waals surface area contributed by atoms with Gasteiger partial charge in [0.25, 0.3) is 3.67 Å². The van der Waals surface area contributed by atoms with Gasteiger partial charge in [-0.15, -0.1) is 11.6 Å². The standard InChI is InChI=1S/C4H3Cl7O3S/c5-1-2(6,7)3(8,9)4(10,11)15(12,13)14/h1H2,(H,12,13,14). The lowest BCUT2D eigenvalue weighted by Crippen LogP contribution is -2.54. The highest BCUT2D eigenvalue weighted by Crippen LogP contribution is 2.56. The van der Waals surface area contributed by atoms with Crippen molar-refractivity contribution in [1.29, 1.82) is 0 Å². The predicted octanol–water partition coefficient (Wildman–Crippen LogP) is 3.59. The molecule has 0 atom stereocenters. The van der Waals surface area contributed by atoms with Crippen molar-refractivity contribution in [3.63, 3.8) is 0 Å². The van der Waals surface area contributed by atoms with Crippen LogP contribution in [0, 0.1) is 0 Å². The summed E-state index contributed by atoms with van der Waals surface area (Å²) in [7, 11) is -5.01. The normalized spacial score (nSPS) is 15.5. The lowest BCUT2D eigenvalue weighted by atomic mass is 10.3. The fourth-order valence-corrected chi connectivity index (χ4v) is 2.92. The fourth-order valence-electron chi connectivity index (χ4n) is 0.459. The summed E-state index contributed by atoms with van der Waals surface area (Å²) in [4.78, 5) is 0. The first-order valence-electron chi connectivity index (χ1n) is 2.97. The van der Waals surface area contributed by atoms with Gasteiger partial charge in [0.05, 0.1) is 5.88 Å². The lowest BCUT2D eigenvalue weighted by Gasteiger charge is -2.37. The lowest BCUT2D eigenvalue weighted by molar-refractivity contribution is 0.465. The number of alkyl halides is 7. The molecule has 0 saturated carbocycles. The van der Waals surface area contributed by atoms with E-state index in [1.807, 2.05) is 0 Å². The highest BCUT2D eigenvalue weighted by Gasteiger charge is 2.66. The third-order valence-electron chi connectivity index (χ3n) is 1.32. The van der Waals surface area contributed by atoms with Gasteiger partial charge in [-0.1, -0.05) is 69.6 Å². The zero-order valence-electron chi connectivity index (χ0n) is 6.52. The molecular formula is C4H3Cl7O3S. The average molecular weight is 379 g/mol. The molecule has 11 heteroatoms. The van der Waals surface area contributed by atoms with E-state index in [9.17, 15) is 8.42 Å². The minimum absolute atomic E-state index is 0.570. The Labute approximate surface area is 122 Å². The van der Waals surface area contributed by atoms with Gasteiger partial charge in [0.15, 0.2) is 4.33 Å². The van der Waals surface area contributed by atoms with Crippen LogP contribution in [0.2, 0.25) is 0 Å². The third kappa shape index (κ3) is 3.04. The molecule has 0 aliphatic heterocycles. The van der Waals surface area contributed by atoms with Crippen molar-refractivity contribution >= 4 is 91.3 Å². The van der Waals surface area contributed by atoms with Crippen LogP contribution in [-0.2, 0) is 10.1 Å². The summed E-state index contributed by atoms with van der Waals surface area (Å²) in [6.45, 7) is 0. The summed E-state index contributed by atoms with van der Waals surface area (Å²) in [5, 5.41) is 0. The summed E-state index contributed by atoms with van der Waals surface area (Å²) >= 11 is 38.0. The zero-order valence-corrected chi connectivity index (χ0v) is 12.6. The third-order valence-corrected chi connectivity index (χ3v) is 7.73. The Balaban J connectivity index is 5.59. The van der Waals surface area contributed by atoms with E-state index in [4.69, 9.17) is 85.8 Å². The van der Waals surface area contributed by atoms with Gasteiger partial charge in [-0.3, -0.25) is 4.55 Å². The molecule has 0 aliphatic rings. The number of rotatable bonds is 4. The molecular weight excluding hydrogens is 376 g/mol. The number of halogens is 7. The number of hydrogen-bond donors (Lipinski definition) is 1. The molecule has 15 heavy (non-hydrogen) atoms. The van der Waals surface area contributed by atoms with Gasteiger partial charge in [0, 0.05) is 0 Å². The van der Waals surface area contributed by atoms with E-state index in [2.05, 4.69) is 0 Å². The van der Waals surface area contributed by atoms with Crippen molar-refractivity contribution in [3.8, 4) is 0 Å². The van der Waals surface area contributed by atoms with E-state index in [1.165, 1.54) is 0 Å². The van der Waals surface area contributed by atoms with Gasteiger partial charge in [-0.2, -0.15) is 8.42 Å². The van der Waals surface area contributed by atoms with Crippen molar-refractivity contribution < 1.29 is 13.0 Å². The maximum absolute atomic E-state index is 10.8. The Bertz CT molecular complexity index is 334. The van der Waals surface area contributed by atoms with Gasteiger partial charge < -0.3 is 0 Å². The van der Waals surface area contributed by atoms with Gasteiger partial charge >= 0.3 is 10.1 Å². The fraction of sp³-hybridized carbons (Fsp3) is 1.00. The Kier molecular flexibility index (Phi) is 5.54. The molecule has 92 valence electrons. The van der Waals surface area contributed by atoms with Crippen LogP contribution in [0.5, 0.6) is 0 Å². The molecule has 0 bridgehead atoms. The summed E-state index contributed by atoms with van der Waals surface area (Å²) in [5.74, 6) is -0.570. The summed E-state index contributed by atoms with van der Waals surface area (Å²) < 4.78 is 22.5. The molecule has 0 aromatic heterocycles. The van der Waals surface area contributed by atoms with Crippen LogP contribution in [0.15, 0.2) is 0 Å². The summed E-state index contributed by atoms with van der Waals surface area (Å²) in [5.41, 5.74) is 0. The van der Waals surface area contributed by atoms with E-state index in [0.717, 1.165) is 0 Å². The first kappa shape index (κ1) is 16.9. The van der Waals surface area contributed by atoms with Gasteiger partial charge in [0.2, 0.25) is 4.33 Å². The van der Waals surface area contributed by atoms with Crippen LogP contribution < -0.4 is 0 Å². The van der Waals surface area contributed by atoms with Gasteiger partial charge in [-0.05, 0) is 0 Å². The summed E-state index contributed by atoms with van der Waals surface area (Å²) in [6.07, 6.45) is 0. The quantitative estimate of drug-likeness (QED) is 0.600. The molecule has 0 saturated heterocycles. The van der Waals surface area contributed by atoms with Crippen molar-refractivity contribution in [1.82, 2.24) is 0 Å². The molecule has 0 unspecified atom stereocenters. The van der Waals surface area contributed by atoms with Crippen molar-refractivity contribution in [3.05, 3.63) is 0 Å². The minimum atomic E-state index is -5.01. The molecule has 0 aliphatic carbocycles. The molecule has 0 spiro atoms. The average Bonchev–Trinajstić information content (AvgIpc) is 2.01. The highest BCUT2D eigenvalue weighted by atomic mass is 35.5. The number of hydrogen-bond acceptors (Lipinski definition) is 2. The van der Waals surface area contributed by atoms with Crippen molar-refractivity contribution in [2.24, 2.45) is 0 Å². The molecule has 0 fully saturated rings. The zero-order chi connectivity index (χ0) is 12.7. The SMILES string of the molecule is O=S(=O)(O)C(Cl)(Cl)C(Cl)(Cl)C(Cl)(Cl)CCl. The Hall–Kier alpha value is 1.94. The largest absolute Gasteiger partial charge is 0.302 e. The molecule has 0 aromatic carbocycles. The predicted molar refractivity (Wildman–Crippen MR) is 65.6 cm³/mol. The molecule has 3 nitrogen and oxygen atoms in total. The Morgan fingerprint density at radius 1 is 1.00 bits per heavy atom. The topological polar surface area (TPSA) is 54.4 Å². The molecule has 0 rings (SSSR count). The van der Waals surface area contributed by atoms with E-state index in [1.54, 1.807) is 0 Å². The van der Waals surface area contributed by atoms with Gasteiger partial charge in [0.1, 0.15) is 0 Å². The second-order valence-corrected chi connectivity index (χ2v) is 8.82. The van der Waals surface area contributed by atoms with E-state index < -0.39 is 28.3 Å². The second-order valence-electron chi connectivity index (χ2n) is 2.40. The van der Waals surface area contributed by atoms with Crippen molar-refractivity contribution in [2.75, 3.05) is 5.88 Å².